The summed E-state index contributed by atoms with van der Waals surface area (Å²) in [7, 11) is 1.98. The summed E-state index contributed by atoms with van der Waals surface area (Å²) in [4.78, 5) is 12.5. The third kappa shape index (κ3) is 1.10. The van der Waals surface area contributed by atoms with Crippen molar-refractivity contribution in [2.45, 2.75) is 0 Å². The van der Waals surface area contributed by atoms with Crippen molar-refractivity contribution in [3.63, 3.8) is 0 Å². The van der Waals surface area contributed by atoms with Gasteiger partial charge in [0.15, 0.2) is 0 Å². The maximum absolute atomic E-state index is 10.4. The predicted octanol–water partition coefficient (Wildman–Crippen LogP) is 0.356. The van der Waals surface area contributed by atoms with E-state index in [1.54, 1.807) is 0 Å². The van der Waals surface area contributed by atoms with Crippen LogP contribution >= 0.6 is 11.6 Å². The number of halogens is 1. The van der Waals surface area contributed by atoms with Crippen molar-refractivity contribution in [3.05, 3.63) is 0 Å². The fourth-order valence-corrected chi connectivity index (χ4v) is 1.45. The minimum absolute atomic E-state index is 0.212. The lowest BCUT2D eigenvalue weighted by atomic mass is 9.84. The van der Waals surface area contributed by atoms with E-state index < -0.39 is 0 Å². The first kappa shape index (κ1) is 7.03. The van der Waals surface area contributed by atoms with Gasteiger partial charge in [0, 0.05) is 19.0 Å². The van der Waals surface area contributed by atoms with E-state index in [0.29, 0.717) is 5.88 Å². The summed E-state index contributed by atoms with van der Waals surface area (Å²) in [5.74, 6) is 0.459. The van der Waals surface area contributed by atoms with Crippen molar-refractivity contribution in [2.24, 2.45) is 5.41 Å². The molecule has 0 saturated carbocycles. The van der Waals surface area contributed by atoms with Crippen LogP contribution in [0.5, 0.6) is 0 Å². The predicted molar refractivity (Wildman–Crippen MR) is 36.7 cm³/mol. The number of aldehydes is 1. The summed E-state index contributed by atoms with van der Waals surface area (Å²) >= 11 is 5.57. The second-order valence-electron chi connectivity index (χ2n) is 2.79. The summed E-state index contributed by atoms with van der Waals surface area (Å²) in [6.07, 6.45) is 0.972. The Morgan fingerprint density at radius 1 is 1.78 bits per heavy atom. The van der Waals surface area contributed by atoms with Crippen LogP contribution in [0.2, 0.25) is 0 Å². The van der Waals surface area contributed by atoms with E-state index in [9.17, 15) is 4.79 Å². The van der Waals surface area contributed by atoms with Crippen molar-refractivity contribution in [1.82, 2.24) is 4.90 Å². The Hall–Kier alpha value is -0.0800. The van der Waals surface area contributed by atoms with E-state index in [0.717, 1.165) is 19.4 Å². The molecular weight excluding hydrogens is 138 g/mol. The molecule has 0 aliphatic carbocycles. The van der Waals surface area contributed by atoms with Gasteiger partial charge < -0.3 is 9.69 Å². The topological polar surface area (TPSA) is 20.3 Å². The van der Waals surface area contributed by atoms with Gasteiger partial charge in [-0.05, 0) is 7.05 Å². The summed E-state index contributed by atoms with van der Waals surface area (Å²) < 4.78 is 0. The van der Waals surface area contributed by atoms with E-state index in [2.05, 4.69) is 4.90 Å². The molecule has 0 spiro atoms. The molecule has 0 aromatic rings. The first-order valence-electron chi connectivity index (χ1n) is 2.93. The molecule has 1 saturated heterocycles. The Labute approximate surface area is 59.8 Å². The van der Waals surface area contributed by atoms with Crippen LogP contribution < -0.4 is 0 Å². The molecule has 2 nitrogen and oxygen atoms in total. The molecule has 3 heteroatoms. The minimum atomic E-state index is -0.212. The fraction of sp³-hybridized carbons (Fsp3) is 0.833. The molecule has 0 aromatic heterocycles. The van der Waals surface area contributed by atoms with E-state index in [4.69, 9.17) is 11.6 Å². The molecule has 52 valence electrons. The van der Waals surface area contributed by atoms with Gasteiger partial charge in [-0.3, -0.25) is 0 Å². The van der Waals surface area contributed by atoms with Crippen LogP contribution in [-0.4, -0.2) is 37.2 Å². The second kappa shape index (κ2) is 2.27. The van der Waals surface area contributed by atoms with Gasteiger partial charge in [0.05, 0.1) is 5.41 Å². The molecular formula is C6H10ClNO. The van der Waals surface area contributed by atoms with Crippen LogP contribution in [0.4, 0.5) is 0 Å². The summed E-state index contributed by atoms with van der Waals surface area (Å²) in [5, 5.41) is 0. The van der Waals surface area contributed by atoms with Crippen LogP contribution in [0.3, 0.4) is 0 Å². The van der Waals surface area contributed by atoms with Crippen LogP contribution in [0.1, 0.15) is 0 Å². The summed E-state index contributed by atoms with van der Waals surface area (Å²) in [6, 6.07) is 0. The van der Waals surface area contributed by atoms with Crippen molar-refractivity contribution >= 4 is 17.9 Å². The van der Waals surface area contributed by atoms with Gasteiger partial charge in [-0.25, -0.2) is 0 Å². The number of hydrogen-bond donors (Lipinski definition) is 0. The number of likely N-dealkylation sites (tertiary alicyclic amines) is 1. The van der Waals surface area contributed by atoms with Gasteiger partial charge in [0.1, 0.15) is 6.29 Å². The highest BCUT2D eigenvalue weighted by Gasteiger charge is 2.39. The van der Waals surface area contributed by atoms with Gasteiger partial charge in [-0.1, -0.05) is 0 Å². The molecule has 0 unspecified atom stereocenters. The lowest BCUT2D eigenvalue weighted by molar-refractivity contribution is -0.122. The second-order valence-corrected chi connectivity index (χ2v) is 3.05. The van der Waals surface area contributed by atoms with Crippen LogP contribution in [0.25, 0.3) is 0 Å². The smallest absolute Gasteiger partial charge is 0.129 e. The summed E-state index contributed by atoms with van der Waals surface area (Å²) in [5.41, 5.74) is -0.212. The van der Waals surface area contributed by atoms with E-state index >= 15 is 0 Å². The van der Waals surface area contributed by atoms with Crippen molar-refractivity contribution in [2.75, 3.05) is 26.0 Å². The highest BCUT2D eigenvalue weighted by atomic mass is 35.5. The maximum atomic E-state index is 10.4. The van der Waals surface area contributed by atoms with E-state index in [-0.39, 0.29) is 5.41 Å². The van der Waals surface area contributed by atoms with Gasteiger partial charge in [-0.2, -0.15) is 0 Å². The summed E-state index contributed by atoms with van der Waals surface area (Å²) in [6.45, 7) is 1.64. The van der Waals surface area contributed by atoms with Crippen LogP contribution in [0.15, 0.2) is 0 Å². The minimum Gasteiger partial charge on any atom is -0.304 e. The highest BCUT2D eigenvalue weighted by molar-refractivity contribution is 6.19. The third-order valence-corrected chi connectivity index (χ3v) is 2.22. The fourth-order valence-electron chi connectivity index (χ4n) is 1.22. The number of alkyl halides is 1. The molecule has 0 bridgehead atoms. The van der Waals surface area contributed by atoms with E-state index in [1.807, 2.05) is 7.05 Å². The Kier molecular flexibility index (Phi) is 1.78. The zero-order chi connectivity index (χ0) is 6.91. The highest BCUT2D eigenvalue weighted by Crippen LogP contribution is 2.27. The molecule has 0 atom stereocenters. The average Bonchev–Trinajstić information content (AvgIpc) is 1.81. The van der Waals surface area contributed by atoms with Crippen molar-refractivity contribution < 1.29 is 4.79 Å². The van der Waals surface area contributed by atoms with Gasteiger partial charge in [-0.15, -0.1) is 11.6 Å². The zero-order valence-electron chi connectivity index (χ0n) is 5.43. The first-order chi connectivity index (χ1) is 4.22. The quantitative estimate of drug-likeness (QED) is 0.415. The average molecular weight is 148 g/mol. The molecule has 1 aliphatic heterocycles. The van der Waals surface area contributed by atoms with E-state index in [1.165, 1.54) is 0 Å². The standard InChI is InChI=1S/C6H10ClNO/c1-8-3-6(2-7,4-8)5-9/h5H,2-4H2,1H3. The molecule has 0 aromatic carbocycles. The van der Waals surface area contributed by atoms with Crippen molar-refractivity contribution in [1.29, 1.82) is 0 Å². The molecule has 1 heterocycles. The lowest BCUT2D eigenvalue weighted by Gasteiger charge is -2.43. The molecule has 0 N–H and O–H groups in total. The molecule has 9 heavy (non-hydrogen) atoms. The number of hydrogen-bond acceptors (Lipinski definition) is 2. The zero-order valence-corrected chi connectivity index (χ0v) is 6.19. The lowest BCUT2D eigenvalue weighted by Crippen LogP contribution is -2.56. The normalized spacial score (nSPS) is 25.1. The molecule has 0 amide bonds. The first-order valence-corrected chi connectivity index (χ1v) is 3.47. The number of nitrogens with zero attached hydrogens (tertiary/aromatic N) is 1. The van der Waals surface area contributed by atoms with Gasteiger partial charge >= 0.3 is 0 Å². The van der Waals surface area contributed by atoms with Gasteiger partial charge in [0.25, 0.3) is 0 Å². The molecule has 1 rings (SSSR count). The number of carbonyl (C=O) groups is 1. The molecule has 1 fully saturated rings. The Morgan fingerprint density at radius 2 is 2.33 bits per heavy atom. The Balaban J connectivity index is 2.45. The number of carbonyl (C=O) groups excluding carboxylic acids is 1. The Morgan fingerprint density at radius 3 is 2.44 bits per heavy atom. The molecule has 0 radical (unpaired) electrons. The monoisotopic (exact) mass is 147 g/mol. The van der Waals surface area contributed by atoms with Crippen LogP contribution in [-0.2, 0) is 4.79 Å². The van der Waals surface area contributed by atoms with Crippen LogP contribution in [0, 0.1) is 5.41 Å². The molecule has 1 aliphatic rings. The van der Waals surface area contributed by atoms with Gasteiger partial charge in [0.2, 0.25) is 0 Å². The SMILES string of the molecule is CN1CC(C=O)(CCl)C1. The maximum Gasteiger partial charge on any atom is 0.129 e. The largest absolute Gasteiger partial charge is 0.304 e. The Bertz CT molecular complexity index is 120. The number of rotatable bonds is 2. The van der Waals surface area contributed by atoms with Crippen molar-refractivity contribution in [3.8, 4) is 0 Å². The third-order valence-electron chi connectivity index (χ3n) is 1.69.